The molecule has 2 saturated heterocycles. The number of hydrogen-bond acceptors (Lipinski definition) is 3. The second-order valence-electron chi connectivity index (χ2n) is 7.25. The van der Waals surface area contributed by atoms with Crippen LogP contribution in [0.3, 0.4) is 0 Å². The van der Waals surface area contributed by atoms with Crippen molar-refractivity contribution in [3.8, 4) is 11.1 Å². The molecule has 1 aromatic heterocycles. The molecular formula is C21H19Cl2N3. The van der Waals surface area contributed by atoms with E-state index >= 15 is 0 Å². The van der Waals surface area contributed by atoms with E-state index in [2.05, 4.69) is 22.0 Å². The maximum Gasteiger partial charge on any atom is 0.141 e. The van der Waals surface area contributed by atoms with Crippen LogP contribution in [0.4, 0.5) is 5.82 Å². The summed E-state index contributed by atoms with van der Waals surface area (Å²) in [6, 6.07) is 13.2. The van der Waals surface area contributed by atoms with Crippen molar-refractivity contribution in [3.05, 3.63) is 52.8 Å². The Labute approximate surface area is 163 Å². The SMILES string of the molecule is Clc1ccc(-c2cccc3ncnc(N4C5CCCC4CC5)c23)cc1Cl. The highest BCUT2D eigenvalue weighted by atomic mass is 35.5. The first-order valence-corrected chi connectivity index (χ1v) is 9.95. The molecule has 2 fully saturated rings. The number of hydrogen-bond donors (Lipinski definition) is 0. The van der Waals surface area contributed by atoms with Crippen LogP contribution >= 0.6 is 23.2 Å². The van der Waals surface area contributed by atoms with Gasteiger partial charge in [0.25, 0.3) is 0 Å². The Morgan fingerprint density at radius 2 is 1.69 bits per heavy atom. The quantitative estimate of drug-likeness (QED) is 0.533. The number of rotatable bonds is 2. The molecule has 0 radical (unpaired) electrons. The molecule has 0 saturated carbocycles. The van der Waals surface area contributed by atoms with E-state index < -0.39 is 0 Å². The van der Waals surface area contributed by atoms with Gasteiger partial charge in [-0.15, -0.1) is 0 Å². The zero-order valence-corrected chi connectivity index (χ0v) is 15.8. The minimum Gasteiger partial charge on any atom is -0.350 e. The predicted molar refractivity (Wildman–Crippen MR) is 108 cm³/mol. The number of fused-ring (bicyclic) bond motifs is 3. The fraction of sp³-hybridized carbons (Fsp3) is 0.333. The van der Waals surface area contributed by atoms with Crippen molar-refractivity contribution in [2.24, 2.45) is 0 Å². The van der Waals surface area contributed by atoms with Gasteiger partial charge in [-0.1, -0.05) is 41.4 Å². The van der Waals surface area contributed by atoms with Crippen molar-refractivity contribution in [2.45, 2.75) is 44.2 Å². The van der Waals surface area contributed by atoms with Gasteiger partial charge < -0.3 is 4.90 Å². The Morgan fingerprint density at radius 3 is 2.46 bits per heavy atom. The monoisotopic (exact) mass is 383 g/mol. The Hall–Kier alpha value is -1.84. The third kappa shape index (κ3) is 2.57. The molecule has 3 heterocycles. The molecule has 2 aliphatic rings. The number of halogens is 2. The van der Waals surface area contributed by atoms with Crippen molar-refractivity contribution >= 4 is 39.9 Å². The van der Waals surface area contributed by atoms with E-state index in [1.54, 1.807) is 6.33 Å². The molecule has 2 aromatic carbocycles. The maximum absolute atomic E-state index is 6.29. The Kier molecular flexibility index (Phi) is 4.02. The van der Waals surface area contributed by atoms with Crippen molar-refractivity contribution in [1.82, 2.24) is 9.97 Å². The van der Waals surface area contributed by atoms with E-state index in [1.807, 2.05) is 24.3 Å². The first-order chi connectivity index (χ1) is 12.7. The molecule has 2 unspecified atom stereocenters. The number of benzene rings is 2. The third-order valence-corrected chi connectivity index (χ3v) is 6.55. The maximum atomic E-state index is 6.29. The highest BCUT2D eigenvalue weighted by molar-refractivity contribution is 6.42. The summed E-state index contributed by atoms with van der Waals surface area (Å²) in [6.07, 6.45) is 8.09. The van der Waals surface area contributed by atoms with Crippen molar-refractivity contribution in [1.29, 1.82) is 0 Å². The lowest BCUT2D eigenvalue weighted by molar-refractivity contribution is 0.465. The normalized spacial score (nSPS) is 22.2. The zero-order chi connectivity index (χ0) is 17.7. The van der Waals surface area contributed by atoms with Crippen molar-refractivity contribution < 1.29 is 0 Å². The minimum atomic E-state index is 0.567. The lowest BCUT2D eigenvalue weighted by atomic mass is 9.98. The summed E-state index contributed by atoms with van der Waals surface area (Å²) in [5.74, 6) is 1.07. The van der Waals surface area contributed by atoms with Crippen LogP contribution in [0, 0.1) is 0 Å². The Bertz CT molecular complexity index is 967. The molecule has 2 atom stereocenters. The van der Waals surface area contributed by atoms with Crippen LogP contribution < -0.4 is 4.90 Å². The molecule has 0 amide bonds. The zero-order valence-electron chi connectivity index (χ0n) is 14.3. The van der Waals surface area contributed by atoms with Gasteiger partial charge in [0.05, 0.1) is 20.9 Å². The molecule has 132 valence electrons. The topological polar surface area (TPSA) is 29.0 Å². The Morgan fingerprint density at radius 1 is 0.885 bits per heavy atom. The van der Waals surface area contributed by atoms with Crippen LogP contribution in [-0.2, 0) is 0 Å². The molecule has 2 aliphatic heterocycles. The number of piperidine rings is 1. The van der Waals surface area contributed by atoms with Gasteiger partial charge in [-0.05, 0) is 61.4 Å². The van der Waals surface area contributed by atoms with Crippen LogP contribution in [-0.4, -0.2) is 22.1 Å². The molecular weight excluding hydrogens is 365 g/mol. The molecule has 3 aromatic rings. The second kappa shape index (κ2) is 6.40. The molecule has 5 rings (SSSR count). The summed E-state index contributed by atoms with van der Waals surface area (Å²) in [6.45, 7) is 0. The highest BCUT2D eigenvalue weighted by Gasteiger charge is 2.38. The molecule has 5 heteroatoms. The van der Waals surface area contributed by atoms with Gasteiger partial charge in [-0.25, -0.2) is 9.97 Å². The van der Waals surface area contributed by atoms with Gasteiger partial charge in [0, 0.05) is 12.1 Å². The second-order valence-corrected chi connectivity index (χ2v) is 8.06. The van der Waals surface area contributed by atoms with Gasteiger partial charge in [-0.2, -0.15) is 0 Å². The van der Waals surface area contributed by atoms with Gasteiger partial charge >= 0.3 is 0 Å². The van der Waals surface area contributed by atoms with E-state index in [-0.39, 0.29) is 0 Å². The number of anilines is 1. The van der Waals surface area contributed by atoms with E-state index in [1.165, 1.54) is 32.1 Å². The first-order valence-electron chi connectivity index (χ1n) is 9.20. The average molecular weight is 384 g/mol. The minimum absolute atomic E-state index is 0.567. The fourth-order valence-corrected chi connectivity index (χ4v) is 4.95. The standard InChI is InChI=1S/C21H19Cl2N3/c22-17-10-7-13(11-18(17)23)16-5-2-6-19-20(16)21(25-12-24-19)26-14-3-1-4-15(26)9-8-14/h2,5-7,10-12,14-15H,1,3-4,8-9H2. The van der Waals surface area contributed by atoms with Crippen LogP contribution in [0.5, 0.6) is 0 Å². The molecule has 2 bridgehead atoms. The van der Waals surface area contributed by atoms with Gasteiger partial charge in [0.1, 0.15) is 12.1 Å². The summed E-state index contributed by atoms with van der Waals surface area (Å²) in [4.78, 5) is 11.9. The summed E-state index contributed by atoms with van der Waals surface area (Å²) < 4.78 is 0. The number of nitrogens with zero attached hydrogens (tertiary/aromatic N) is 3. The van der Waals surface area contributed by atoms with E-state index in [9.17, 15) is 0 Å². The lowest BCUT2D eigenvalue weighted by Crippen LogP contribution is -2.40. The van der Waals surface area contributed by atoms with Gasteiger partial charge in [0.15, 0.2) is 0 Å². The number of aromatic nitrogens is 2. The summed E-state index contributed by atoms with van der Waals surface area (Å²) in [5, 5.41) is 2.26. The van der Waals surface area contributed by atoms with Crippen molar-refractivity contribution in [2.75, 3.05) is 4.90 Å². The smallest absolute Gasteiger partial charge is 0.141 e. The molecule has 0 N–H and O–H groups in total. The Balaban J connectivity index is 1.74. The van der Waals surface area contributed by atoms with Gasteiger partial charge in [0.2, 0.25) is 0 Å². The molecule has 26 heavy (non-hydrogen) atoms. The van der Waals surface area contributed by atoms with E-state index in [0.29, 0.717) is 22.1 Å². The van der Waals surface area contributed by atoms with Crippen molar-refractivity contribution in [3.63, 3.8) is 0 Å². The van der Waals surface area contributed by atoms with Crippen LogP contribution in [0.2, 0.25) is 10.0 Å². The molecule has 3 nitrogen and oxygen atoms in total. The summed E-state index contributed by atoms with van der Waals surface area (Å²) in [5.41, 5.74) is 3.13. The third-order valence-electron chi connectivity index (χ3n) is 5.81. The van der Waals surface area contributed by atoms with E-state index in [4.69, 9.17) is 28.2 Å². The summed E-state index contributed by atoms with van der Waals surface area (Å²) in [7, 11) is 0. The molecule has 0 spiro atoms. The summed E-state index contributed by atoms with van der Waals surface area (Å²) >= 11 is 12.4. The van der Waals surface area contributed by atoms with E-state index in [0.717, 1.165) is 27.8 Å². The van der Waals surface area contributed by atoms with Crippen LogP contribution in [0.1, 0.15) is 32.1 Å². The van der Waals surface area contributed by atoms with Crippen LogP contribution in [0.25, 0.3) is 22.0 Å². The lowest BCUT2D eigenvalue weighted by Gasteiger charge is -2.36. The highest BCUT2D eigenvalue weighted by Crippen LogP contribution is 2.43. The largest absolute Gasteiger partial charge is 0.350 e. The fourth-order valence-electron chi connectivity index (χ4n) is 4.66. The average Bonchev–Trinajstić information content (AvgIpc) is 2.91. The first kappa shape index (κ1) is 16.3. The molecule has 0 aliphatic carbocycles. The van der Waals surface area contributed by atoms with Crippen LogP contribution in [0.15, 0.2) is 42.7 Å². The predicted octanol–water partition coefficient (Wildman–Crippen LogP) is 6.12. The van der Waals surface area contributed by atoms with Gasteiger partial charge in [-0.3, -0.25) is 0 Å².